The molecule has 0 spiro atoms. The maximum atomic E-state index is 12.4. The van der Waals surface area contributed by atoms with Gasteiger partial charge in [0.15, 0.2) is 49.6 Å². The maximum absolute atomic E-state index is 12.4. The van der Waals surface area contributed by atoms with Crippen molar-refractivity contribution in [2.75, 3.05) is 26.4 Å². The number of hydrogen-bond acceptors (Lipinski definition) is 25. The molecular weight excluding hydrogens is 784 g/mol. The molecule has 25 heteroatoms. The number of carbonyl (C=O) groups excluding carboxylic acids is 4. The van der Waals surface area contributed by atoms with Crippen LogP contribution in [0.15, 0.2) is 0 Å². The van der Waals surface area contributed by atoms with Crippen molar-refractivity contribution < 1.29 is 122 Å². The standard InChI is InChI=1S/C32H50O25/c1-9(35)49-24-13(5-33)54-30(21(43)19(24)41)47-8-16-18(40)27(57-31-22(44)20(42)25(50-10(2)36)14(6-34)55-31)28(52-12(4)38)32(56-16)48-7-15-17(39)26(51-11(3)37)23(45)29(46)53-15/h13-34,39-46H,5-8H2,1-4H3/t13-,14-,15-,16-,17-,18-,19-,20-,21+,22+,23+,24-,25-,26+,27+,28+,29+,30+,31-,32+/m1/s1. The largest absolute Gasteiger partial charge is 0.457 e. The monoisotopic (exact) mass is 834 g/mol. The minimum Gasteiger partial charge on any atom is -0.457 e. The van der Waals surface area contributed by atoms with Gasteiger partial charge in [-0.3, -0.25) is 19.2 Å². The van der Waals surface area contributed by atoms with Crippen LogP contribution in [0.1, 0.15) is 27.7 Å². The van der Waals surface area contributed by atoms with E-state index < -0.39 is 173 Å². The molecule has 0 radical (unpaired) electrons. The van der Waals surface area contributed by atoms with Crippen molar-refractivity contribution in [3.05, 3.63) is 0 Å². The number of rotatable bonds is 14. The van der Waals surface area contributed by atoms with Gasteiger partial charge < -0.3 is 103 Å². The Morgan fingerprint density at radius 2 is 0.807 bits per heavy atom. The van der Waals surface area contributed by atoms with Gasteiger partial charge in [-0.1, -0.05) is 0 Å². The molecule has 0 saturated carbocycles. The lowest BCUT2D eigenvalue weighted by Gasteiger charge is -2.48. The molecule has 20 atom stereocenters. The van der Waals surface area contributed by atoms with Crippen LogP contribution in [0.4, 0.5) is 0 Å². The Morgan fingerprint density at radius 3 is 1.30 bits per heavy atom. The number of esters is 4. The van der Waals surface area contributed by atoms with E-state index in [1.54, 1.807) is 0 Å². The van der Waals surface area contributed by atoms with Crippen molar-refractivity contribution in [1.82, 2.24) is 0 Å². The van der Waals surface area contributed by atoms with Gasteiger partial charge in [0.25, 0.3) is 0 Å². The molecule has 0 aromatic rings. The van der Waals surface area contributed by atoms with Crippen LogP contribution in [-0.4, -0.2) is 224 Å². The third-order valence-electron chi connectivity index (χ3n) is 9.27. The van der Waals surface area contributed by atoms with Gasteiger partial charge in [0.05, 0.1) is 26.4 Å². The molecule has 4 saturated heterocycles. The lowest BCUT2D eigenvalue weighted by Crippen LogP contribution is -2.66. The summed E-state index contributed by atoms with van der Waals surface area (Å²) in [6.07, 6.45) is -35.8. The van der Waals surface area contributed by atoms with Crippen LogP contribution in [0.25, 0.3) is 0 Å². The van der Waals surface area contributed by atoms with Gasteiger partial charge in [-0.25, -0.2) is 0 Å². The first-order valence-electron chi connectivity index (χ1n) is 17.6. The number of ether oxygens (including phenoxy) is 11. The second-order valence-corrected chi connectivity index (χ2v) is 13.6. The predicted octanol–water partition coefficient (Wildman–Crippen LogP) is -7.47. The normalized spacial score (nSPS) is 43.8. The van der Waals surface area contributed by atoms with Gasteiger partial charge >= 0.3 is 23.9 Å². The summed E-state index contributed by atoms with van der Waals surface area (Å²) in [5.41, 5.74) is 0. The molecule has 25 nitrogen and oxygen atoms in total. The molecule has 0 aromatic carbocycles. The van der Waals surface area contributed by atoms with Crippen LogP contribution in [0, 0.1) is 0 Å². The zero-order valence-electron chi connectivity index (χ0n) is 31.0. The average Bonchev–Trinajstić information content (AvgIpc) is 3.14. The quantitative estimate of drug-likeness (QED) is 0.0574. The van der Waals surface area contributed by atoms with Crippen LogP contribution in [-0.2, 0) is 71.3 Å². The Bertz CT molecular complexity index is 1350. The number of hydrogen-bond donors (Lipinski definition) is 10. The lowest BCUT2D eigenvalue weighted by molar-refractivity contribution is -0.370. The molecule has 0 aromatic heterocycles. The summed E-state index contributed by atoms with van der Waals surface area (Å²) in [4.78, 5) is 47.2. The minimum atomic E-state index is -2.05. The van der Waals surface area contributed by atoms with E-state index in [1.807, 2.05) is 0 Å². The van der Waals surface area contributed by atoms with Crippen LogP contribution >= 0.6 is 0 Å². The predicted molar refractivity (Wildman–Crippen MR) is 172 cm³/mol. The molecule has 10 N–H and O–H groups in total. The Balaban J connectivity index is 1.63. The molecule has 328 valence electrons. The number of carbonyl (C=O) groups is 4. The fraction of sp³-hybridized carbons (Fsp3) is 0.875. The highest BCUT2D eigenvalue weighted by molar-refractivity contribution is 5.67. The molecule has 57 heavy (non-hydrogen) atoms. The average molecular weight is 835 g/mol. The summed E-state index contributed by atoms with van der Waals surface area (Å²) in [6, 6.07) is 0. The molecule has 0 unspecified atom stereocenters. The zero-order valence-corrected chi connectivity index (χ0v) is 31.0. The molecule has 4 rings (SSSR count). The molecule has 4 aliphatic rings. The first kappa shape index (κ1) is 46.9. The van der Waals surface area contributed by atoms with Gasteiger partial charge in [0.2, 0.25) is 0 Å². The van der Waals surface area contributed by atoms with E-state index >= 15 is 0 Å². The van der Waals surface area contributed by atoms with Gasteiger partial charge in [0, 0.05) is 27.7 Å². The molecular formula is C32H50O25. The first-order chi connectivity index (χ1) is 26.8. The Morgan fingerprint density at radius 1 is 0.421 bits per heavy atom. The number of aliphatic hydroxyl groups is 10. The van der Waals surface area contributed by atoms with E-state index in [1.165, 1.54) is 0 Å². The van der Waals surface area contributed by atoms with E-state index in [0.29, 0.717) is 0 Å². The Kier molecular flexibility index (Phi) is 16.8. The zero-order chi connectivity index (χ0) is 42.5. The van der Waals surface area contributed by atoms with Crippen LogP contribution in [0.2, 0.25) is 0 Å². The summed E-state index contributed by atoms with van der Waals surface area (Å²) in [6.45, 7) is 0.652. The maximum Gasteiger partial charge on any atom is 0.303 e. The van der Waals surface area contributed by atoms with E-state index in [4.69, 9.17) is 52.1 Å². The van der Waals surface area contributed by atoms with Crippen LogP contribution < -0.4 is 0 Å². The van der Waals surface area contributed by atoms with Crippen molar-refractivity contribution in [1.29, 1.82) is 0 Å². The summed E-state index contributed by atoms with van der Waals surface area (Å²) in [5, 5.41) is 106. The van der Waals surface area contributed by atoms with Gasteiger partial charge in [-0.15, -0.1) is 0 Å². The van der Waals surface area contributed by atoms with E-state index in [2.05, 4.69) is 0 Å². The van der Waals surface area contributed by atoms with Gasteiger partial charge in [0.1, 0.15) is 73.2 Å². The first-order valence-corrected chi connectivity index (χ1v) is 17.6. The molecule has 0 amide bonds. The summed E-state index contributed by atoms with van der Waals surface area (Å²) < 4.78 is 59.7. The highest BCUT2D eigenvalue weighted by Gasteiger charge is 2.55. The highest BCUT2D eigenvalue weighted by Crippen LogP contribution is 2.34. The minimum absolute atomic E-state index is 0.786. The fourth-order valence-corrected chi connectivity index (χ4v) is 6.58. The van der Waals surface area contributed by atoms with Crippen LogP contribution in [0.3, 0.4) is 0 Å². The van der Waals surface area contributed by atoms with E-state index in [9.17, 15) is 70.2 Å². The Hall–Kier alpha value is -2.80. The summed E-state index contributed by atoms with van der Waals surface area (Å²) >= 11 is 0. The van der Waals surface area contributed by atoms with Crippen molar-refractivity contribution in [2.24, 2.45) is 0 Å². The third-order valence-corrected chi connectivity index (χ3v) is 9.27. The van der Waals surface area contributed by atoms with Crippen LogP contribution in [0.5, 0.6) is 0 Å². The third kappa shape index (κ3) is 11.3. The second kappa shape index (κ2) is 20.4. The van der Waals surface area contributed by atoms with Crippen molar-refractivity contribution in [3.8, 4) is 0 Å². The van der Waals surface area contributed by atoms with E-state index in [0.717, 1.165) is 27.7 Å². The van der Waals surface area contributed by atoms with Gasteiger partial charge in [-0.05, 0) is 0 Å². The lowest BCUT2D eigenvalue weighted by atomic mass is 9.96. The summed E-state index contributed by atoms with van der Waals surface area (Å²) in [7, 11) is 0. The topological polar surface area (TPSA) is 372 Å². The SMILES string of the molecule is CC(=O)O[C@@H]1[C@H](O)[C@@H](O)O[C@H](CO[C@H]2O[C@H](CO[C@H]3O[C@H](CO)[C@@H](OC(C)=O)[C@H](O)[C@@H]3O)[C@@H](O)[C@H](O[C@H]3O[C@H](CO)[C@@H](OC(C)=O)[C@H](O)[C@@H]3O)[C@@H]2OC(C)=O)[C@H]1O. The number of aliphatic hydroxyl groups excluding tert-OH is 10. The second-order valence-electron chi connectivity index (χ2n) is 13.6. The van der Waals surface area contributed by atoms with E-state index in [-0.39, 0.29) is 0 Å². The van der Waals surface area contributed by atoms with Crippen molar-refractivity contribution in [2.45, 2.75) is 151 Å². The fourth-order valence-electron chi connectivity index (χ4n) is 6.58. The molecule has 4 heterocycles. The van der Waals surface area contributed by atoms with Crippen molar-refractivity contribution >= 4 is 23.9 Å². The molecule has 4 fully saturated rings. The smallest absolute Gasteiger partial charge is 0.303 e. The van der Waals surface area contributed by atoms with Gasteiger partial charge in [-0.2, -0.15) is 0 Å². The molecule has 0 aliphatic carbocycles. The Labute approximate surface area is 323 Å². The van der Waals surface area contributed by atoms with Crippen molar-refractivity contribution in [3.63, 3.8) is 0 Å². The molecule has 0 bridgehead atoms. The summed E-state index contributed by atoms with van der Waals surface area (Å²) in [5.74, 6) is -3.71. The molecule has 4 aliphatic heterocycles. The highest BCUT2D eigenvalue weighted by atomic mass is 16.8.